The summed E-state index contributed by atoms with van der Waals surface area (Å²) in [5.74, 6) is 0.955. The minimum absolute atomic E-state index is 0.0825. The molecule has 0 atom stereocenters. The molecule has 1 heterocycles. The number of hydrogen-bond donors (Lipinski definition) is 0. The summed E-state index contributed by atoms with van der Waals surface area (Å²) >= 11 is 6.02. The Balaban J connectivity index is 1.58. The molecule has 0 aliphatic heterocycles. The van der Waals surface area contributed by atoms with E-state index in [-0.39, 0.29) is 18.9 Å². The van der Waals surface area contributed by atoms with E-state index in [0.29, 0.717) is 16.4 Å². The maximum Gasteiger partial charge on any atom is 0.310 e. The second kappa shape index (κ2) is 7.81. The first-order chi connectivity index (χ1) is 12.2. The molecule has 25 heavy (non-hydrogen) atoms. The van der Waals surface area contributed by atoms with E-state index < -0.39 is 5.97 Å². The summed E-state index contributed by atoms with van der Waals surface area (Å²) in [6.45, 7) is -0.0908. The summed E-state index contributed by atoms with van der Waals surface area (Å²) < 4.78 is 15.4. The SMILES string of the molecule is COc1ccc(-c2noc(COC(=O)Cc3ccccc3Cl)n2)cc1. The quantitative estimate of drug-likeness (QED) is 0.626. The summed E-state index contributed by atoms with van der Waals surface area (Å²) in [5.41, 5.74) is 1.48. The molecule has 2 aromatic carbocycles. The van der Waals surface area contributed by atoms with Crippen molar-refractivity contribution in [2.24, 2.45) is 0 Å². The third kappa shape index (κ3) is 4.36. The maximum absolute atomic E-state index is 11.9. The van der Waals surface area contributed by atoms with E-state index in [1.807, 2.05) is 18.2 Å². The molecule has 0 aliphatic carbocycles. The highest BCUT2D eigenvalue weighted by Crippen LogP contribution is 2.20. The van der Waals surface area contributed by atoms with Gasteiger partial charge in [0.2, 0.25) is 5.82 Å². The van der Waals surface area contributed by atoms with Gasteiger partial charge in [-0.1, -0.05) is 35.0 Å². The molecule has 128 valence electrons. The lowest BCUT2D eigenvalue weighted by Crippen LogP contribution is -2.08. The van der Waals surface area contributed by atoms with E-state index in [1.165, 1.54) is 0 Å². The van der Waals surface area contributed by atoms with Crippen LogP contribution in [-0.2, 0) is 22.6 Å². The van der Waals surface area contributed by atoms with Crippen molar-refractivity contribution >= 4 is 17.6 Å². The number of rotatable bonds is 6. The number of ether oxygens (including phenoxy) is 2. The predicted octanol–water partition coefficient (Wildman–Crippen LogP) is 3.68. The first kappa shape index (κ1) is 17.0. The van der Waals surface area contributed by atoms with E-state index in [2.05, 4.69) is 10.1 Å². The predicted molar refractivity (Wildman–Crippen MR) is 91.2 cm³/mol. The van der Waals surface area contributed by atoms with Crippen LogP contribution in [0.5, 0.6) is 5.75 Å². The molecular weight excluding hydrogens is 344 g/mol. The van der Waals surface area contributed by atoms with Crippen LogP contribution >= 0.6 is 11.6 Å². The maximum atomic E-state index is 11.9. The number of hydrogen-bond acceptors (Lipinski definition) is 6. The Kier molecular flexibility index (Phi) is 5.30. The second-order valence-electron chi connectivity index (χ2n) is 5.17. The summed E-state index contributed by atoms with van der Waals surface area (Å²) in [6, 6.07) is 14.4. The van der Waals surface area contributed by atoms with Gasteiger partial charge in [0.05, 0.1) is 13.5 Å². The molecular formula is C18H15ClN2O4. The van der Waals surface area contributed by atoms with Gasteiger partial charge >= 0.3 is 5.97 Å². The standard InChI is InChI=1S/C18H15ClN2O4/c1-23-14-8-6-12(7-9-14)18-20-16(25-21-18)11-24-17(22)10-13-4-2-3-5-15(13)19/h2-9H,10-11H2,1H3. The molecule has 3 rings (SSSR count). The number of methoxy groups -OCH3 is 1. The molecule has 7 heteroatoms. The average molecular weight is 359 g/mol. The Bertz CT molecular complexity index is 862. The van der Waals surface area contributed by atoms with E-state index in [9.17, 15) is 4.79 Å². The molecule has 3 aromatic rings. The molecule has 0 N–H and O–H groups in total. The van der Waals surface area contributed by atoms with Crippen molar-refractivity contribution in [1.29, 1.82) is 0 Å². The number of aromatic nitrogens is 2. The Morgan fingerprint density at radius 2 is 1.92 bits per heavy atom. The largest absolute Gasteiger partial charge is 0.497 e. The molecule has 0 bridgehead atoms. The molecule has 0 unspecified atom stereocenters. The van der Waals surface area contributed by atoms with Crippen LogP contribution in [0, 0.1) is 0 Å². The average Bonchev–Trinajstić information content (AvgIpc) is 3.11. The molecule has 0 saturated carbocycles. The van der Waals surface area contributed by atoms with Crippen LogP contribution in [0.3, 0.4) is 0 Å². The van der Waals surface area contributed by atoms with Gasteiger partial charge in [-0.3, -0.25) is 4.79 Å². The van der Waals surface area contributed by atoms with Gasteiger partial charge in [0.15, 0.2) is 6.61 Å². The Morgan fingerprint density at radius 1 is 1.16 bits per heavy atom. The van der Waals surface area contributed by atoms with Crippen molar-refractivity contribution in [3.63, 3.8) is 0 Å². The van der Waals surface area contributed by atoms with Crippen LogP contribution in [0.25, 0.3) is 11.4 Å². The molecule has 0 radical (unpaired) electrons. The number of carbonyl (C=O) groups is 1. The zero-order valence-corrected chi connectivity index (χ0v) is 14.2. The third-order valence-corrected chi connectivity index (χ3v) is 3.83. The van der Waals surface area contributed by atoms with Gasteiger partial charge in [0.25, 0.3) is 5.89 Å². The van der Waals surface area contributed by atoms with Crippen molar-refractivity contribution in [3.05, 3.63) is 65.0 Å². The fourth-order valence-electron chi connectivity index (χ4n) is 2.16. The first-order valence-electron chi connectivity index (χ1n) is 7.52. The molecule has 0 aliphatic rings. The number of benzene rings is 2. The molecule has 0 fully saturated rings. The normalized spacial score (nSPS) is 10.5. The van der Waals surface area contributed by atoms with Crippen LogP contribution in [-0.4, -0.2) is 23.2 Å². The summed E-state index contributed by atoms with van der Waals surface area (Å²) in [6.07, 6.45) is 0.0825. The fourth-order valence-corrected chi connectivity index (χ4v) is 2.36. The Labute approximate surface area is 149 Å². The number of esters is 1. The first-order valence-corrected chi connectivity index (χ1v) is 7.89. The highest BCUT2D eigenvalue weighted by molar-refractivity contribution is 6.31. The molecule has 1 aromatic heterocycles. The van der Waals surface area contributed by atoms with Crippen molar-refractivity contribution in [2.75, 3.05) is 7.11 Å². The lowest BCUT2D eigenvalue weighted by Gasteiger charge is -2.03. The smallest absolute Gasteiger partial charge is 0.310 e. The van der Waals surface area contributed by atoms with Crippen LogP contribution in [0.15, 0.2) is 53.1 Å². The van der Waals surface area contributed by atoms with E-state index in [4.69, 9.17) is 25.6 Å². The highest BCUT2D eigenvalue weighted by Gasteiger charge is 2.12. The zero-order valence-electron chi connectivity index (χ0n) is 13.4. The third-order valence-electron chi connectivity index (χ3n) is 3.47. The Morgan fingerprint density at radius 3 is 2.64 bits per heavy atom. The number of carbonyl (C=O) groups excluding carboxylic acids is 1. The van der Waals surface area contributed by atoms with Gasteiger partial charge in [0.1, 0.15) is 5.75 Å². The molecule has 6 nitrogen and oxygen atoms in total. The Hall–Kier alpha value is -2.86. The van der Waals surface area contributed by atoms with Crippen LogP contribution in [0.2, 0.25) is 5.02 Å². The second-order valence-corrected chi connectivity index (χ2v) is 5.58. The number of halogens is 1. The fraction of sp³-hybridized carbons (Fsp3) is 0.167. The molecule has 0 amide bonds. The zero-order chi connectivity index (χ0) is 17.6. The lowest BCUT2D eigenvalue weighted by molar-refractivity contribution is -0.144. The molecule has 0 saturated heterocycles. The van der Waals surface area contributed by atoms with E-state index in [1.54, 1.807) is 37.4 Å². The van der Waals surface area contributed by atoms with Crippen LogP contribution in [0.4, 0.5) is 0 Å². The number of nitrogens with zero attached hydrogens (tertiary/aromatic N) is 2. The topological polar surface area (TPSA) is 74.5 Å². The van der Waals surface area contributed by atoms with Gasteiger partial charge in [0, 0.05) is 10.6 Å². The van der Waals surface area contributed by atoms with Gasteiger partial charge in [-0.15, -0.1) is 0 Å². The monoisotopic (exact) mass is 358 g/mol. The van der Waals surface area contributed by atoms with E-state index in [0.717, 1.165) is 11.3 Å². The molecule has 0 spiro atoms. The summed E-state index contributed by atoms with van der Waals surface area (Å²) in [4.78, 5) is 16.1. The van der Waals surface area contributed by atoms with Gasteiger partial charge < -0.3 is 14.0 Å². The minimum atomic E-state index is -0.419. The van der Waals surface area contributed by atoms with Crippen LogP contribution < -0.4 is 4.74 Å². The highest BCUT2D eigenvalue weighted by atomic mass is 35.5. The van der Waals surface area contributed by atoms with E-state index >= 15 is 0 Å². The van der Waals surface area contributed by atoms with Crippen LogP contribution in [0.1, 0.15) is 11.5 Å². The van der Waals surface area contributed by atoms with Gasteiger partial charge in [-0.05, 0) is 35.9 Å². The summed E-state index contributed by atoms with van der Waals surface area (Å²) in [7, 11) is 1.60. The summed E-state index contributed by atoms with van der Waals surface area (Å²) in [5, 5.41) is 4.41. The minimum Gasteiger partial charge on any atom is -0.497 e. The van der Waals surface area contributed by atoms with Crippen molar-refractivity contribution in [1.82, 2.24) is 10.1 Å². The van der Waals surface area contributed by atoms with Crippen molar-refractivity contribution in [3.8, 4) is 17.1 Å². The van der Waals surface area contributed by atoms with Crippen molar-refractivity contribution in [2.45, 2.75) is 13.0 Å². The van der Waals surface area contributed by atoms with Crippen molar-refractivity contribution < 1.29 is 18.8 Å². The lowest BCUT2D eigenvalue weighted by atomic mass is 10.1. The van der Waals surface area contributed by atoms with Gasteiger partial charge in [-0.25, -0.2) is 0 Å². The van der Waals surface area contributed by atoms with Gasteiger partial charge in [-0.2, -0.15) is 4.98 Å².